The fourth-order valence-corrected chi connectivity index (χ4v) is 4.24. The molecule has 106 valence electrons. The van der Waals surface area contributed by atoms with Gasteiger partial charge in [-0.25, -0.2) is 8.42 Å². The van der Waals surface area contributed by atoms with Gasteiger partial charge in [0.15, 0.2) is 15.7 Å². The topological polar surface area (TPSA) is 99.1 Å². The number of benzene rings is 1. The normalized spacial score (nSPS) is 21.1. The molecule has 2 heterocycles. The molecule has 8 heteroatoms. The predicted molar refractivity (Wildman–Crippen MR) is 75.2 cm³/mol. The van der Waals surface area contributed by atoms with Crippen LogP contribution in [-0.2, 0) is 9.84 Å². The number of anilines is 1. The minimum atomic E-state index is -2.98. The number of nitrogen functional groups attached to an aromatic ring is 1. The summed E-state index contributed by atoms with van der Waals surface area (Å²) in [4.78, 5) is 4.25. The second-order valence-electron chi connectivity index (χ2n) is 4.83. The van der Waals surface area contributed by atoms with Crippen LogP contribution in [0.2, 0.25) is 5.02 Å². The lowest BCUT2D eigenvalue weighted by molar-refractivity contribution is 0.418. The Kier molecular flexibility index (Phi) is 3.18. The molecule has 3 rings (SSSR count). The molecule has 1 atom stereocenters. The summed E-state index contributed by atoms with van der Waals surface area (Å²) in [5.41, 5.74) is 6.82. The standard InChI is InChI=1S/C12H12ClN3O3S/c13-9-3-8(4-10(14)5-9)12-15-11(16-19-12)7-1-2-20(17,18)6-7/h3-5,7H,1-2,6,14H2. The van der Waals surface area contributed by atoms with Crippen LogP contribution in [0, 0.1) is 0 Å². The predicted octanol–water partition coefficient (Wildman–Crippen LogP) is 1.87. The highest BCUT2D eigenvalue weighted by atomic mass is 35.5. The van der Waals surface area contributed by atoms with Crippen LogP contribution < -0.4 is 5.73 Å². The van der Waals surface area contributed by atoms with Crippen LogP contribution in [0.25, 0.3) is 11.5 Å². The number of hydrogen-bond donors (Lipinski definition) is 1. The number of halogens is 1. The van der Waals surface area contributed by atoms with Crippen LogP contribution >= 0.6 is 11.6 Å². The number of aromatic nitrogens is 2. The quantitative estimate of drug-likeness (QED) is 0.850. The summed E-state index contributed by atoms with van der Waals surface area (Å²) in [6.45, 7) is 0. The van der Waals surface area contributed by atoms with E-state index in [9.17, 15) is 8.42 Å². The number of hydrogen-bond acceptors (Lipinski definition) is 6. The zero-order valence-corrected chi connectivity index (χ0v) is 12.0. The lowest BCUT2D eigenvalue weighted by atomic mass is 10.1. The number of nitrogens with zero attached hydrogens (tertiary/aromatic N) is 2. The first-order valence-electron chi connectivity index (χ1n) is 6.03. The molecule has 0 spiro atoms. The Hall–Kier alpha value is -1.60. The molecule has 0 amide bonds. The van der Waals surface area contributed by atoms with Gasteiger partial charge in [-0.15, -0.1) is 0 Å². The highest BCUT2D eigenvalue weighted by Gasteiger charge is 2.32. The summed E-state index contributed by atoms with van der Waals surface area (Å²) in [6.07, 6.45) is 0.527. The van der Waals surface area contributed by atoms with E-state index in [1.54, 1.807) is 18.2 Å². The second kappa shape index (κ2) is 4.75. The average Bonchev–Trinajstić information content (AvgIpc) is 2.94. The fraction of sp³-hybridized carbons (Fsp3) is 0.333. The SMILES string of the molecule is Nc1cc(Cl)cc(-c2nc(C3CCS(=O)(=O)C3)no2)c1. The van der Waals surface area contributed by atoms with Gasteiger partial charge in [0, 0.05) is 22.2 Å². The van der Waals surface area contributed by atoms with Crippen molar-refractivity contribution in [2.24, 2.45) is 0 Å². The first-order valence-corrected chi connectivity index (χ1v) is 8.23. The summed E-state index contributed by atoms with van der Waals surface area (Å²) in [6, 6.07) is 4.96. The van der Waals surface area contributed by atoms with Gasteiger partial charge in [-0.2, -0.15) is 4.98 Å². The van der Waals surface area contributed by atoms with Crippen molar-refractivity contribution >= 4 is 27.1 Å². The minimum Gasteiger partial charge on any atom is -0.399 e. The van der Waals surface area contributed by atoms with Crippen LogP contribution in [0.3, 0.4) is 0 Å². The van der Waals surface area contributed by atoms with Crippen molar-refractivity contribution in [3.63, 3.8) is 0 Å². The number of rotatable bonds is 2. The highest BCUT2D eigenvalue weighted by molar-refractivity contribution is 7.91. The van der Waals surface area contributed by atoms with E-state index in [4.69, 9.17) is 21.9 Å². The van der Waals surface area contributed by atoms with Crippen molar-refractivity contribution < 1.29 is 12.9 Å². The molecule has 0 radical (unpaired) electrons. The fourth-order valence-electron chi connectivity index (χ4n) is 2.25. The number of nitrogens with two attached hydrogens (primary N) is 1. The maximum Gasteiger partial charge on any atom is 0.258 e. The molecule has 2 aromatic rings. The van der Waals surface area contributed by atoms with E-state index in [1.165, 1.54) is 0 Å². The van der Waals surface area contributed by atoms with Crippen molar-refractivity contribution in [1.82, 2.24) is 10.1 Å². The first-order chi connectivity index (χ1) is 9.43. The van der Waals surface area contributed by atoms with Crippen LogP contribution in [-0.4, -0.2) is 30.1 Å². The van der Waals surface area contributed by atoms with E-state index >= 15 is 0 Å². The molecule has 1 aliphatic heterocycles. The lowest BCUT2D eigenvalue weighted by Crippen LogP contribution is -2.05. The Labute approximate surface area is 120 Å². The van der Waals surface area contributed by atoms with E-state index in [1.807, 2.05) is 0 Å². The molecular weight excluding hydrogens is 302 g/mol. The highest BCUT2D eigenvalue weighted by Crippen LogP contribution is 2.30. The summed E-state index contributed by atoms with van der Waals surface area (Å²) in [5, 5.41) is 4.34. The van der Waals surface area contributed by atoms with Gasteiger partial charge in [0.2, 0.25) is 0 Å². The van der Waals surface area contributed by atoms with Crippen molar-refractivity contribution in [2.45, 2.75) is 12.3 Å². The lowest BCUT2D eigenvalue weighted by Gasteiger charge is -1.99. The van der Waals surface area contributed by atoms with Crippen LogP contribution in [0.5, 0.6) is 0 Å². The van der Waals surface area contributed by atoms with E-state index in [2.05, 4.69) is 10.1 Å². The van der Waals surface area contributed by atoms with Gasteiger partial charge in [-0.3, -0.25) is 0 Å². The Morgan fingerprint density at radius 2 is 2.15 bits per heavy atom. The molecule has 6 nitrogen and oxygen atoms in total. The molecule has 1 fully saturated rings. The molecule has 2 N–H and O–H groups in total. The Bertz CT molecular complexity index is 737. The third kappa shape index (κ3) is 2.64. The van der Waals surface area contributed by atoms with Crippen LogP contribution in [0.15, 0.2) is 22.7 Å². The van der Waals surface area contributed by atoms with Gasteiger partial charge in [0.05, 0.1) is 11.5 Å². The molecule has 0 saturated carbocycles. The van der Waals surface area contributed by atoms with Crippen molar-refractivity contribution in [2.75, 3.05) is 17.2 Å². The summed E-state index contributed by atoms with van der Waals surface area (Å²) >= 11 is 5.92. The first kappa shape index (κ1) is 13.4. The van der Waals surface area contributed by atoms with Crippen LogP contribution in [0.1, 0.15) is 18.2 Å². The zero-order valence-electron chi connectivity index (χ0n) is 10.4. The van der Waals surface area contributed by atoms with Crippen molar-refractivity contribution in [3.05, 3.63) is 29.0 Å². The van der Waals surface area contributed by atoms with E-state index in [0.717, 1.165) is 0 Å². The van der Waals surface area contributed by atoms with E-state index < -0.39 is 9.84 Å². The van der Waals surface area contributed by atoms with Gasteiger partial charge in [0.25, 0.3) is 5.89 Å². The molecule has 0 aliphatic carbocycles. The molecule has 1 aromatic heterocycles. The van der Waals surface area contributed by atoms with Crippen LogP contribution in [0.4, 0.5) is 5.69 Å². The third-order valence-corrected chi connectivity index (χ3v) is 5.19. The third-order valence-electron chi connectivity index (χ3n) is 3.21. The van der Waals surface area contributed by atoms with Gasteiger partial charge in [-0.05, 0) is 24.6 Å². The van der Waals surface area contributed by atoms with Gasteiger partial charge in [0.1, 0.15) is 0 Å². The van der Waals surface area contributed by atoms with Crippen molar-refractivity contribution in [3.8, 4) is 11.5 Å². The summed E-state index contributed by atoms with van der Waals surface area (Å²) in [7, 11) is -2.98. The average molecular weight is 314 g/mol. The Morgan fingerprint density at radius 3 is 2.80 bits per heavy atom. The van der Waals surface area contributed by atoms with Crippen molar-refractivity contribution in [1.29, 1.82) is 0 Å². The maximum atomic E-state index is 11.5. The zero-order chi connectivity index (χ0) is 14.3. The molecule has 0 bridgehead atoms. The smallest absolute Gasteiger partial charge is 0.258 e. The maximum absolute atomic E-state index is 11.5. The van der Waals surface area contributed by atoms with E-state index in [-0.39, 0.29) is 17.4 Å². The second-order valence-corrected chi connectivity index (χ2v) is 7.50. The Balaban J connectivity index is 1.90. The van der Waals surface area contributed by atoms with Gasteiger partial charge < -0.3 is 10.3 Å². The summed E-state index contributed by atoms with van der Waals surface area (Å²) in [5.74, 6) is 0.752. The molecule has 1 aliphatic rings. The van der Waals surface area contributed by atoms with Gasteiger partial charge >= 0.3 is 0 Å². The molecule has 1 unspecified atom stereocenters. The summed E-state index contributed by atoms with van der Waals surface area (Å²) < 4.78 is 28.1. The molecular formula is C12H12ClN3O3S. The molecule has 1 saturated heterocycles. The monoisotopic (exact) mass is 313 g/mol. The van der Waals surface area contributed by atoms with Gasteiger partial charge in [-0.1, -0.05) is 16.8 Å². The molecule has 20 heavy (non-hydrogen) atoms. The number of sulfone groups is 1. The van der Waals surface area contributed by atoms with E-state index in [0.29, 0.717) is 34.4 Å². The largest absolute Gasteiger partial charge is 0.399 e. The molecule has 1 aromatic carbocycles. The minimum absolute atomic E-state index is 0.0731. The Morgan fingerprint density at radius 1 is 1.35 bits per heavy atom.